The average Bonchev–Trinajstić information content (AvgIpc) is 2.96. The van der Waals surface area contributed by atoms with Gasteiger partial charge < -0.3 is 9.88 Å². The maximum Gasteiger partial charge on any atom is 0.230 e. The summed E-state index contributed by atoms with van der Waals surface area (Å²) in [4.78, 5) is 12.4. The van der Waals surface area contributed by atoms with Gasteiger partial charge in [-0.25, -0.2) is 0 Å². The van der Waals surface area contributed by atoms with Crippen LogP contribution in [0.3, 0.4) is 0 Å². The fraction of sp³-hybridized carbons (Fsp3) is 0.706. The Labute approximate surface area is 141 Å². The van der Waals surface area contributed by atoms with E-state index < -0.39 is 0 Å². The van der Waals surface area contributed by atoms with Crippen LogP contribution in [0.25, 0.3) is 0 Å². The Morgan fingerprint density at radius 2 is 2.00 bits per heavy atom. The highest BCUT2D eigenvalue weighted by Gasteiger charge is 2.48. The van der Waals surface area contributed by atoms with Gasteiger partial charge in [0.2, 0.25) is 5.91 Å². The Morgan fingerprint density at radius 1 is 1.30 bits per heavy atom. The topological polar surface area (TPSA) is 59.8 Å². The molecule has 5 rings (SSSR count). The minimum atomic E-state index is 0.139. The Kier molecular flexibility index (Phi) is 4.18. The van der Waals surface area contributed by atoms with E-state index in [1.807, 2.05) is 10.6 Å². The number of hydrogen-bond acceptors (Lipinski definition) is 4. The number of rotatable bonds is 6. The van der Waals surface area contributed by atoms with Gasteiger partial charge in [-0.05, 0) is 55.8 Å². The third-order valence-corrected chi connectivity index (χ3v) is 6.77. The third-order valence-electron chi connectivity index (χ3n) is 5.79. The van der Waals surface area contributed by atoms with Crippen molar-refractivity contribution in [3.63, 3.8) is 0 Å². The maximum absolute atomic E-state index is 12.4. The lowest BCUT2D eigenvalue weighted by molar-refractivity contribution is -0.122. The molecule has 0 aromatic carbocycles. The van der Waals surface area contributed by atoms with E-state index >= 15 is 0 Å². The Morgan fingerprint density at radius 3 is 2.65 bits per heavy atom. The largest absolute Gasteiger partial charge is 0.352 e. The van der Waals surface area contributed by atoms with Crippen LogP contribution in [0.2, 0.25) is 0 Å². The molecule has 1 heterocycles. The summed E-state index contributed by atoms with van der Waals surface area (Å²) in [6.45, 7) is 4.40. The van der Waals surface area contributed by atoms with Crippen molar-refractivity contribution < 1.29 is 4.79 Å². The van der Waals surface area contributed by atoms with E-state index in [-0.39, 0.29) is 5.91 Å². The molecule has 1 aromatic heterocycles. The van der Waals surface area contributed by atoms with Gasteiger partial charge in [0, 0.05) is 12.6 Å². The third kappa shape index (κ3) is 3.05. The Bertz CT molecular complexity index is 571. The molecule has 4 aliphatic carbocycles. The standard InChI is InChI=1S/C17H24N4OS/c1-2-3-21-10-18-20-17(21)23-9-15(22)19-16-13-5-11-4-12(7-13)8-14(16)6-11/h2,10-14,16H,1,3-9H2,(H,19,22). The van der Waals surface area contributed by atoms with Crippen LogP contribution >= 0.6 is 11.8 Å². The molecule has 1 N–H and O–H groups in total. The number of allylic oxidation sites excluding steroid dienone is 1. The lowest BCUT2D eigenvalue weighted by Gasteiger charge is -2.54. The smallest absolute Gasteiger partial charge is 0.230 e. The molecule has 1 aromatic rings. The van der Waals surface area contributed by atoms with E-state index in [1.54, 1.807) is 6.33 Å². The summed E-state index contributed by atoms with van der Waals surface area (Å²) in [6, 6.07) is 0.418. The summed E-state index contributed by atoms with van der Waals surface area (Å²) in [5, 5.41) is 12.1. The number of carbonyl (C=O) groups excluding carboxylic acids is 1. The van der Waals surface area contributed by atoms with Gasteiger partial charge in [-0.2, -0.15) is 0 Å². The number of carbonyl (C=O) groups is 1. The lowest BCUT2D eigenvalue weighted by atomic mass is 9.54. The van der Waals surface area contributed by atoms with Gasteiger partial charge in [0.1, 0.15) is 6.33 Å². The molecule has 23 heavy (non-hydrogen) atoms. The molecule has 124 valence electrons. The van der Waals surface area contributed by atoms with Gasteiger partial charge in [0.15, 0.2) is 5.16 Å². The normalized spacial score (nSPS) is 34.5. The predicted octanol–water partition coefficient (Wildman–Crippen LogP) is 2.50. The summed E-state index contributed by atoms with van der Waals surface area (Å²) in [6.07, 6.45) is 10.3. The second-order valence-electron chi connectivity index (χ2n) is 7.37. The molecule has 0 aliphatic heterocycles. The van der Waals surface area contributed by atoms with Gasteiger partial charge in [-0.3, -0.25) is 4.79 Å². The molecular weight excluding hydrogens is 308 g/mol. The highest BCUT2D eigenvalue weighted by molar-refractivity contribution is 7.99. The minimum Gasteiger partial charge on any atom is -0.352 e. The predicted molar refractivity (Wildman–Crippen MR) is 89.9 cm³/mol. The van der Waals surface area contributed by atoms with Crippen molar-refractivity contribution in [1.29, 1.82) is 0 Å². The van der Waals surface area contributed by atoms with Crippen LogP contribution in [-0.2, 0) is 11.3 Å². The van der Waals surface area contributed by atoms with Crippen molar-refractivity contribution in [3.8, 4) is 0 Å². The number of amides is 1. The molecule has 4 aliphatic rings. The molecule has 0 saturated heterocycles. The van der Waals surface area contributed by atoms with Crippen LogP contribution in [0.1, 0.15) is 32.1 Å². The van der Waals surface area contributed by atoms with Crippen molar-refractivity contribution in [2.45, 2.75) is 49.8 Å². The zero-order valence-corrected chi connectivity index (χ0v) is 14.2. The van der Waals surface area contributed by atoms with Crippen LogP contribution in [0.5, 0.6) is 0 Å². The zero-order valence-electron chi connectivity index (χ0n) is 13.4. The summed E-state index contributed by atoms with van der Waals surface area (Å²) >= 11 is 1.46. The zero-order chi connectivity index (χ0) is 15.8. The molecule has 4 fully saturated rings. The first-order chi connectivity index (χ1) is 11.2. The monoisotopic (exact) mass is 332 g/mol. The SMILES string of the molecule is C=CCn1cnnc1SCC(=O)NC1C2CC3CC(C2)CC1C3. The summed E-state index contributed by atoms with van der Waals surface area (Å²) in [7, 11) is 0. The second-order valence-corrected chi connectivity index (χ2v) is 8.31. The molecule has 0 unspecified atom stereocenters. The van der Waals surface area contributed by atoms with E-state index in [0.717, 1.165) is 28.8 Å². The van der Waals surface area contributed by atoms with Crippen molar-refractivity contribution in [2.75, 3.05) is 5.75 Å². The highest BCUT2D eigenvalue weighted by Crippen LogP contribution is 2.53. The second kappa shape index (κ2) is 6.30. The fourth-order valence-corrected chi connectivity index (χ4v) is 5.87. The first-order valence-electron chi connectivity index (χ1n) is 8.63. The molecule has 6 heteroatoms. The fourth-order valence-electron chi connectivity index (χ4n) is 5.14. The number of nitrogens with zero attached hydrogens (tertiary/aromatic N) is 3. The summed E-state index contributed by atoms with van der Waals surface area (Å²) in [5.74, 6) is 3.89. The maximum atomic E-state index is 12.4. The van der Waals surface area contributed by atoms with Crippen LogP contribution in [0.15, 0.2) is 24.1 Å². The van der Waals surface area contributed by atoms with Gasteiger partial charge in [-0.1, -0.05) is 17.8 Å². The Balaban J connectivity index is 1.32. The summed E-state index contributed by atoms with van der Waals surface area (Å²) < 4.78 is 1.91. The quantitative estimate of drug-likeness (QED) is 0.642. The molecule has 0 spiro atoms. The van der Waals surface area contributed by atoms with Crippen molar-refractivity contribution in [3.05, 3.63) is 19.0 Å². The minimum absolute atomic E-state index is 0.139. The van der Waals surface area contributed by atoms with Crippen LogP contribution in [0, 0.1) is 23.7 Å². The van der Waals surface area contributed by atoms with Gasteiger partial charge in [0.25, 0.3) is 0 Å². The molecule has 4 bridgehead atoms. The van der Waals surface area contributed by atoms with Gasteiger partial charge in [0.05, 0.1) is 5.75 Å². The van der Waals surface area contributed by atoms with E-state index in [4.69, 9.17) is 0 Å². The van der Waals surface area contributed by atoms with E-state index in [2.05, 4.69) is 22.1 Å². The van der Waals surface area contributed by atoms with Gasteiger partial charge in [-0.15, -0.1) is 16.8 Å². The number of aromatic nitrogens is 3. The molecule has 0 atom stereocenters. The molecule has 1 amide bonds. The van der Waals surface area contributed by atoms with Crippen molar-refractivity contribution in [1.82, 2.24) is 20.1 Å². The molecular formula is C17H24N4OS. The lowest BCUT2D eigenvalue weighted by Crippen LogP contribution is -2.56. The van der Waals surface area contributed by atoms with Crippen LogP contribution in [-0.4, -0.2) is 32.5 Å². The van der Waals surface area contributed by atoms with E-state index in [0.29, 0.717) is 18.3 Å². The van der Waals surface area contributed by atoms with Crippen molar-refractivity contribution in [2.24, 2.45) is 23.7 Å². The van der Waals surface area contributed by atoms with Crippen LogP contribution < -0.4 is 5.32 Å². The highest BCUT2D eigenvalue weighted by atomic mass is 32.2. The van der Waals surface area contributed by atoms with E-state index in [9.17, 15) is 4.79 Å². The first-order valence-corrected chi connectivity index (χ1v) is 9.62. The number of hydrogen-bond donors (Lipinski definition) is 1. The molecule has 0 radical (unpaired) electrons. The van der Waals surface area contributed by atoms with Gasteiger partial charge >= 0.3 is 0 Å². The Hall–Kier alpha value is -1.30. The van der Waals surface area contributed by atoms with Crippen molar-refractivity contribution >= 4 is 17.7 Å². The average molecular weight is 332 g/mol. The summed E-state index contributed by atoms with van der Waals surface area (Å²) in [5.41, 5.74) is 0. The number of nitrogens with one attached hydrogen (secondary N) is 1. The van der Waals surface area contributed by atoms with Crippen LogP contribution in [0.4, 0.5) is 0 Å². The van der Waals surface area contributed by atoms with E-state index in [1.165, 1.54) is 43.9 Å². The number of thioether (sulfide) groups is 1. The molecule has 5 nitrogen and oxygen atoms in total. The molecule has 4 saturated carbocycles. The first kappa shape index (κ1) is 15.2.